The Morgan fingerprint density at radius 1 is 0.760 bits per heavy atom. The number of aliphatic hydroxyl groups is 4. The lowest BCUT2D eigenvalue weighted by molar-refractivity contribution is -0.302. The van der Waals surface area contributed by atoms with Crippen LogP contribution in [-0.4, -0.2) is 77.6 Å². The van der Waals surface area contributed by atoms with Crippen LogP contribution in [0.4, 0.5) is 0 Å². The Labute approximate surface area is 150 Å². The predicted octanol–water partition coefficient (Wildman–Crippen LogP) is 0.960. The minimum Gasteiger partial charge on any atom is -0.394 e. The van der Waals surface area contributed by atoms with Crippen molar-refractivity contribution in [2.45, 2.75) is 89.0 Å². The molecular weight excluding hydrogens is 328 g/mol. The fraction of sp³-hybridized carbons (Fsp3) is 1.00. The van der Waals surface area contributed by atoms with Gasteiger partial charge in [0.05, 0.1) is 19.8 Å². The molecule has 1 fully saturated rings. The summed E-state index contributed by atoms with van der Waals surface area (Å²) < 4.78 is 16.1. The lowest BCUT2D eigenvalue weighted by Gasteiger charge is -2.39. The van der Waals surface area contributed by atoms with Crippen LogP contribution in [-0.2, 0) is 14.2 Å². The summed E-state index contributed by atoms with van der Waals surface area (Å²) in [5, 5.41) is 38.2. The molecule has 0 aromatic heterocycles. The van der Waals surface area contributed by atoms with Crippen molar-refractivity contribution in [3.63, 3.8) is 0 Å². The molecule has 5 atom stereocenters. The number of aliphatic hydroxyl groups excluding tert-OH is 4. The number of unbranched alkanes of at least 4 members (excludes halogenated alkanes) is 7. The number of hydrogen-bond donors (Lipinski definition) is 4. The van der Waals surface area contributed by atoms with E-state index in [1.165, 1.54) is 44.9 Å². The van der Waals surface area contributed by atoms with E-state index in [9.17, 15) is 15.3 Å². The zero-order chi connectivity index (χ0) is 18.5. The van der Waals surface area contributed by atoms with E-state index in [-0.39, 0.29) is 6.61 Å². The molecular formula is C18H36O7. The maximum Gasteiger partial charge on any atom is 0.186 e. The summed E-state index contributed by atoms with van der Waals surface area (Å²) in [5.41, 5.74) is 0. The molecule has 0 aromatic rings. The van der Waals surface area contributed by atoms with Crippen LogP contribution in [0.15, 0.2) is 0 Å². The van der Waals surface area contributed by atoms with Crippen LogP contribution >= 0.6 is 0 Å². The highest BCUT2D eigenvalue weighted by Crippen LogP contribution is 2.21. The minimum absolute atomic E-state index is 0.208. The van der Waals surface area contributed by atoms with Crippen LogP contribution < -0.4 is 0 Å². The van der Waals surface area contributed by atoms with E-state index in [1.807, 2.05) is 0 Å². The summed E-state index contributed by atoms with van der Waals surface area (Å²) in [5.74, 6) is 0. The summed E-state index contributed by atoms with van der Waals surface area (Å²) >= 11 is 0. The van der Waals surface area contributed by atoms with Gasteiger partial charge in [0.15, 0.2) is 6.29 Å². The number of ether oxygens (including phenoxy) is 3. The highest BCUT2D eigenvalue weighted by atomic mass is 16.7. The second kappa shape index (κ2) is 13.9. The minimum atomic E-state index is -1.41. The van der Waals surface area contributed by atoms with Gasteiger partial charge in [0.2, 0.25) is 0 Å². The topological polar surface area (TPSA) is 109 Å². The quantitative estimate of drug-likeness (QED) is 0.340. The maximum absolute atomic E-state index is 9.82. The molecule has 0 bridgehead atoms. The zero-order valence-electron chi connectivity index (χ0n) is 15.4. The third-order valence-electron chi connectivity index (χ3n) is 4.50. The number of rotatable bonds is 14. The Balaban J connectivity index is 1.99. The summed E-state index contributed by atoms with van der Waals surface area (Å²) in [6.45, 7) is 3.01. The first-order valence-electron chi connectivity index (χ1n) is 9.61. The van der Waals surface area contributed by atoms with Crippen molar-refractivity contribution in [1.82, 2.24) is 0 Å². The molecule has 0 radical (unpaired) electrons. The smallest absolute Gasteiger partial charge is 0.186 e. The molecule has 7 heteroatoms. The van der Waals surface area contributed by atoms with Gasteiger partial charge in [-0.25, -0.2) is 0 Å². The van der Waals surface area contributed by atoms with Crippen molar-refractivity contribution in [1.29, 1.82) is 0 Å². The standard InChI is InChI=1S/C18H36O7/c1-2-3-4-5-6-7-8-9-10-23-11-12-24-18-17(22)16(21)15(20)14(13-19)25-18/h14-22H,2-13H2,1H3/t14-,15-,16+,17+,18+/m1/s1. The Hall–Kier alpha value is -0.280. The van der Waals surface area contributed by atoms with Crippen LogP contribution in [0.25, 0.3) is 0 Å². The van der Waals surface area contributed by atoms with E-state index in [4.69, 9.17) is 19.3 Å². The summed E-state index contributed by atoms with van der Waals surface area (Å²) in [7, 11) is 0. The van der Waals surface area contributed by atoms with E-state index in [1.54, 1.807) is 0 Å². The molecule has 1 heterocycles. The second-order valence-corrected chi connectivity index (χ2v) is 6.66. The fourth-order valence-corrected chi connectivity index (χ4v) is 2.87. The van der Waals surface area contributed by atoms with E-state index >= 15 is 0 Å². The summed E-state index contributed by atoms with van der Waals surface area (Å²) in [4.78, 5) is 0. The van der Waals surface area contributed by atoms with Crippen molar-refractivity contribution < 1.29 is 34.6 Å². The molecule has 0 amide bonds. The van der Waals surface area contributed by atoms with Gasteiger partial charge in [-0.2, -0.15) is 0 Å². The van der Waals surface area contributed by atoms with Crippen LogP contribution in [0.2, 0.25) is 0 Å². The van der Waals surface area contributed by atoms with Gasteiger partial charge < -0.3 is 34.6 Å². The Morgan fingerprint density at radius 2 is 1.40 bits per heavy atom. The van der Waals surface area contributed by atoms with Crippen LogP contribution in [0, 0.1) is 0 Å². The lowest BCUT2D eigenvalue weighted by atomic mass is 9.99. The van der Waals surface area contributed by atoms with Gasteiger partial charge in [0.1, 0.15) is 24.4 Å². The first-order chi connectivity index (χ1) is 12.1. The third-order valence-corrected chi connectivity index (χ3v) is 4.50. The third kappa shape index (κ3) is 8.77. The molecule has 1 saturated heterocycles. The molecule has 25 heavy (non-hydrogen) atoms. The van der Waals surface area contributed by atoms with Crippen LogP contribution in [0.3, 0.4) is 0 Å². The van der Waals surface area contributed by atoms with Crippen molar-refractivity contribution >= 4 is 0 Å². The fourth-order valence-electron chi connectivity index (χ4n) is 2.87. The highest BCUT2D eigenvalue weighted by molar-refractivity contribution is 4.88. The maximum atomic E-state index is 9.82. The highest BCUT2D eigenvalue weighted by Gasteiger charge is 2.43. The number of hydrogen-bond acceptors (Lipinski definition) is 7. The largest absolute Gasteiger partial charge is 0.394 e. The van der Waals surface area contributed by atoms with Crippen molar-refractivity contribution in [3.05, 3.63) is 0 Å². The van der Waals surface area contributed by atoms with Gasteiger partial charge in [-0.15, -0.1) is 0 Å². The molecule has 1 aliphatic rings. The summed E-state index contributed by atoms with van der Waals surface area (Å²) in [6.07, 6.45) is 3.84. The van der Waals surface area contributed by atoms with Gasteiger partial charge in [0, 0.05) is 6.61 Å². The van der Waals surface area contributed by atoms with Crippen LogP contribution in [0.1, 0.15) is 58.3 Å². The van der Waals surface area contributed by atoms with Gasteiger partial charge in [0.25, 0.3) is 0 Å². The molecule has 7 nitrogen and oxygen atoms in total. The van der Waals surface area contributed by atoms with Gasteiger partial charge in [-0.1, -0.05) is 51.9 Å². The monoisotopic (exact) mass is 364 g/mol. The van der Waals surface area contributed by atoms with E-state index in [0.717, 1.165) is 6.42 Å². The Bertz CT molecular complexity index is 314. The average Bonchev–Trinajstić information content (AvgIpc) is 2.62. The van der Waals surface area contributed by atoms with Crippen molar-refractivity contribution in [3.8, 4) is 0 Å². The average molecular weight is 364 g/mol. The van der Waals surface area contributed by atoms with Crippen molar-refractivity contribution in [2.75, 3.05) is 26.4 Å². The molecule has 1 aliphatic heterocycles. The van der Waals surface area contributed by atoms with Gasteiger partial charge >= 0.3 is 0 Å². The molecule has 1 rings (SSSR count). The molecule has 0 unspecified atom stereocenters. The molecule has 0 spiro atoms. The molecule has 4 N–H and O–H groups in total. The second-order valence-electron chi connectivity index (χ2n) is 6.66. The lowest BCUT2D eigenvalue weighted by Crippen LogP contribution is -2.59. The normalized spacial score (nSPS) is 29.9. The molecule has 0 saturated carbocycles. The molecule has 150 valence electrons. The first kappa shape index (κ1) is 22.8. The predicted molar refractivity (Wildman–Crippen MR) is 93.1 cm³/mol. The first-order valence-corrected chi connectivity index (χ1v) is 9.61. The van der Waals surface area contributed by atoms with E-state index < -0.39 is 37.3 Å². The Kier molecular flexibility index (Phi) is 12.6. The molecule has 0 aromatic carbocycles. The van der Waals surface area contributed by atoms with Gasteiger partial charge in [-0.05, 0) is 6.42 Å². The Morgan fingerprint density at radius 3 is 2.04 bits per heavy atom. The molecule has 0 aliphatic carbocycles. The SMILES string of the molecule is CCCCCCCCCCOCCO[C@H]1O[C@H](CO)[C@@H](O)[C@H](O)[C@@H]1O. The van der Waals surface area contributed by atoms with Crippen molar-refractivity contribution in [2.24, 2.45) is 0 Å². The van der Waals surface area contributed by atoms with E-state index in [2.05, 4.69) is 6.92 Å². The zero-order valence-corrected chi connectivity index (χ0v) is 15.4. The van der Waals surface area contributed by atoms with Gasteiger partial charge in [-0.3, -0.25) is 0 Å². The van der Waals surface area contributed by atoms with E-state index in [0.29, 0.717) is 13.2 Å². The summed E-state index contributed by atoms with van der Waals surface area (Å²) in [6, 6.07) is 0. The van der Waals surface area contributed by atoms with Crippen LogP contribution in [0.5, 0.6) is 0 Å².